The lowest BCUT2D eigenvalue weighted by atomic mass is 9.99. The van der Waals surface area contributed by atoms with Crippen LogP contribution in [0, 0.1) is 0 Å². The number of aliphatic carboxylic acids is 1. The Morgan fingerprint density at radius 2 is 1.53 bits per heavy atom. The largest absolute Gasteiger partial charge is 0.508 e. The fraction of sp³-hybridized carbons (Fsp3) is 0.304. The standard InChI is InChI=1S/C23H22O13/c1-32-14-3-8(4-15(33-2)17(14)26)11-7-10(25)16-12(34-11)5-9(24)6-13(16)35-23-20(29)18(27)19(28)21(36-23)22(30)31/h3-7,18-21,23-24,26-29H,1-2H3,(H,30,31)/t18-,19-,20+,21-,23?/m0/s1. The van der Waals surface area contributed by atoms with Gasteiger partial charge >= 0.3 is 5.97 Å². The Hall–Kier alpha value is -4.04. The summed E-state index contributed by atoms with van der Waals surface area (Å²) in [5.41, 5.74) is -0.522. The number of rotatable bonds is 6. The molecule has 13 heteroatoms. The molecule has 0 aliphatic carbocycles. The molecule has 36 heavy (non-hydrogen) atoms. The molecule has 0 spiro atoms. The first kappa shape index (κ1) is 25.1. The maximum atomic E-state index is 13.1. The number of phenolic OH excluding ortho intramolecular Hbond substituents is 2. The molecule has 1 unspecified atom stereocenters. The van der Waals surface area contributed by atoms with Gasteiger partial charge in [0, 0.05) is 23.8 Å². The molecule has 2 aromatic carbocycles. The Morgan fingerprint density at radius 1 is 0.889 bits per heavy atom. The summed E-state index contributed by atoms with van der Waals surface area (Å²) in [6.45, 7) is 0. The maximum Gasteiger partial charge on any atom is 0.335 e. The van der Waals surface area contributed by atoms with Gasteiger partial charge < -0.3 is 54.0 Å². The van der Waals surface area contributed by atoms with E-state index < -0.39 is 47.9 Å². The number of hydrogen-bond acceptors (Lipinski definition) is 12. The molecule has 192 valence electrons. The lowest BCUT2D eigenvalue weighted by Gasteiger charge is -2.38. The van der Waals surface area contributed by atoms with Crippen LogP contribution < -0.4 is 19.6 Å². The molecule has 2 heterocycles. The van der Waals surface area contributed by atoms with Gasteiger partial charge in [-0.3, -0.25) is 4.79 Å². The summed E-state index contributed by atoms with van der Waals surface area (Å²) in [5, 5.41) is 59.4. The van der Waals surface area contributed by atoms with Crippen molar-refractivity contribution in [1.29, 1.82) is 0 Å². The summed E-state index contributed by atoms with van der Waals surface area (Å²) in [5.74, 6) is -2.54. The van der Waals surface area contributed by atoms with Crippen LogP contribution >= 0.6 is 0 Å². The third-order valence-corrected chi connectivity index (χ3v) is 5.60. The highest BCUT2D eigenvalue weighted by molar-refractivity contribution is 5.86. The van der Waals surface area contributed by atoms with Gasteiger partial charge in [0.2, 0.25) is 12.0 Å². The van der Waals surface area contributed by atoms with Crippen molar-refractivity contribution in [3.05, 3.63) is 40.6 Å². The van der Waals surface area contributed by atoms with Crippen molar-refractivity contribution in [3.63, 3.8) is 0 Å². The van der Waals surface area contributed by atoms with Crippen LogP contribution in [-0.2, 0) is 9.53 Å². The highest BCUT2D eigenvalue weighted by atomic mass is 16.7. The summed E-state index contributed by atoms with van der Waals surface area (Å²) >= 11 is 0. The first-order chi connectivity index (χ1) is 17.0. The van der Waals surface area contributed by atoms with Crippen molar-refractivity contribution >= 4 is 16.9 Å². The van der Waals surface area contributed by atoms with Crippen LogP contribution in [0.5, 0.6) is 28.7 Å². The lowest BCUT2D eigenvalue weighted by molar-refractivity contribution is -0.270. The molecule has 6 N–H and O–H groups in total. The highest BCUT2D eigenvalue weighted by Crippen LogP contribution is 2.41. The van der Waals surface area contributed by atoms with E-state index in [-0.39, 0.29) is 39.7 Å². The van der Waals surface area contributed by atoms with Gasteiger partial charge in [0.15, 0.2) is 23.0 Å². The third-order valence-electron chi connectivity index (χ3n) is 5.60. The quantitative estimate of drug-likeness (QED) is 0.264. The number of benzene rings is 2. The number of carboxylic acids is 1. The molecule has 1 aliphatic heterocycles. The van der Waals surface area contributed by atoms with E-state index in [0.717, 1.165) is 18.2 Å². The Balaban J connectivity index is 1.79. The van der Waals surface area contributed by atoms with Gasteiger partial charge in [-0.05, 0) is 12.1 Å². The Morgan fingerprint density at radius 3 is 2.11 bits per heavy atom. The van der Waals surface area contributed by atoms with Crippen LogP contribution in [0.1, 0.15) is 0 Å². The molecule has 4 rings (SSSR count). The number of aliphatic hydroxyl groups is 3. The van der Waals surface area contributed by atoms with E-state index in [4.69, 9.17) is 23.4 Å². The number of fused-ring (bicyclic) bond motifs is 1. The predicted molar refractivity (Wildman–Crippen MR) is 119 cm³/mol. The number of hydrogen-bond donors (Lipinski definition) is 6. The number of methoxy groups -OCH3 is 2. The third kappa shape index (κ3) is 4.35. The van der Waals surface area contributed by atoms with Gasteiger partial charge in [-0.1, -0.05) is 0 Å². The van der Waals surface area contributed by atoms with Gasteiger partial charge in [0.25, 0.3) is 0 Å². The first-order valence-electron chi connectivity index (χ1n) is 10.4. The van der Waals surface area contributed by atoms with Crippen LogP contribution in [0.25, 0.3) is 22.3 Å². The SMILES string of the molecule is COc1cc(-c2cc(=O)c3c(OC4O[C@H](C(=O)O)[C@@H](O)[C@H](O)[C@H]4O)cc(O)cc3o2)cc(OC)c1O. The Bertz CT molecular complexity index is 1340. The predicted octanol–water partition coefficient (Wildman–Crippen LogP) is 0.159. The van der Waals surface area contributed by atoms with Gasteiger partial charge in [-0.2, -0.15) is 0 Å². The van der Waals surface area contributed by atoms with Crippen molar-refractivity contribution < 1.29 is 58.8 Å². The van der Waals surface area contributed by atoms with E-state index >= 15 is 0 Å². The highest BCUT2D eigenvalue weighted by Gasteiger charge is 2.48. The molecule has 1 aromatic heterocycles. The molecule has 1 saturated heterocycles. The molecule has 5 atom stereocenters. The zero-order chi connectivity index (χ0) is 26.3. The van der Waals surface area contributed by atoms with Crippen LogP contribution in [0.2, 0.25) is 0 Å². The van der Waals surface area contributed by atoms with Crippen molar-refractivity contribution in [3.8, 4) is 40.1 Å². The minimum absolute atomic E-state index is 0.0130. The minimum atomic E-state index is -1.94. The van der Waals surface area contributed by atoms with Crippen LogP contribution in [0.4, 0.5) is 0 Å². The molecule has 1 aliphatic rings. The molecular formula is C23H22O13. The summed E-state index contributed by atoms with van der Waals surface area (Å²) in [6, 6.07) is 6.02. The number of ether oxygens (including phenoxy) is 4. The van der Waals surface area contributed by atoms with Gasteiger partial charge in [-0.15, -0.1) is 0 Å². The fourth-order valence-corrected chi connectivity index (χ4v) is 3.78. The summed E-state index contributed by atoms with van der Waals surface area (Å²) in [4.78, 5) is 24.4. The molecule has 0 bridgehead atoms. The monoisotopic (exact) mass is 506 g/mol. The Labute approximate surface area is 201 Å². The molecular weight excluding hydrogens is 484 g/mol. The van der Waals surface area contributed by atoms with Crippen LogP contribution in [-0.4, -0.2) is 81.5 Å². The summed E-state index contributed by atoms with van der Waals surface area (Å²) in [6.07, 6.45) is -9.52. The lowest BCUT2D eigenvalue weighted by Crippen LogP contribution is -2.61. The van der Waals surface area contributed by atoms with E-state index in [0.29, 0.717) is 5.56 Å². The molecule has 1 fully saturated rings. The number of carbonyl (C=O) groups is 1. The second kappa shape index (κ2) is 9.54. The van der Waals surface area contributed by atoms with E-state index in [1.165, 1.54) is 26.4 Å². The average Bonchev–Trinajstić information content (AvgIpc) is 2.83. The van der Waals surface area contributed by atoms with E-state index in [1.54, 1.807) is 0 Å². The van der Waals surface area contributed by atoms with Crippen molar-refractivity contribution in [2.45, 2.75) is 30.7 Å². The van der Waals surface area contributed by atoms with Gasteiger partial charge in [-0.25, -0.2) is 4.79 Å². The van der Waals surface area contributed by atoms with Crippen LogP contribution in [0.3, 0.4) is 0 Å². The number of carboxylic acid groups (broad SMARTS) is 1. The van der Waals surface area contributed by atoms with Crippen molar-refractivity contribution in [1.82, 2.24) is 0 Å². The molecule has 0 amide bonds. The van der Waals surface area contributed by atoms with Gasteiger partial charge in [0.05, 0.1) is 14.2 Å². The van der Waals surface area contributed by atoms with E-state index in [9.17, 15) is 40.2 Å². The Kier molecular flexibility index (Phi) is 6.65. The molecule has 0 saturated carbocycles. The second-order valence-corrected chi connectivity index (χ2v) is 7.87. The number of aromatic hydroxyl groups is 2. The molecule has 13 nitrogen and oxygen atoms in total. The average molecular weight is 506 g/mol. The van der Waals surface area contributed by atoms with Gasteiger partial charge in [0.1, 0.15) is 46.5 Å². The normalized spacial score (nSPS) is 23.9. The summed E-state index contributed by atoms with van der Waals surface area (Å²) < 4.78 is 26.6. The maximum absolute atomic E-state index is 13.1. The zero-order valence-corrected chi connectivity index (χ0v) is 18.8. The number of phenols is 2. The smallest absolute Gasteiger partial charge is 0.335 e. The van der Waals surface area contributed by atoms with E-state index in [1.807, 2.05) is 0 Å². The van der Waals surface area contributed by atoms with Crippen molar-refractivity contribution in [2.75, 3.05) is 14.2 Å². The molecule has 3 aromatic rings. The second-order valence-electron chi connectivity index (χ2n) is 7.87. The van der Waals surface area contributed by atoms with E-state index in [2.05, 4.69) is 0 Å². The van der Waals surface area contributed by atoms with Crippen molar-refractivity contribution in [2.24, 2.45) is 0 Å². The molecule has 0 radical (unpaired) electrons. The number of aliphatic hydroxyl groups excluding tert-OH is 3. The zero-order valence-electron chi connectivity index (χ0n) is 18.8. The summed E-state index contributed by atoms with van der Waals surface area (Å²) in [7, 11) is 2.65. The first-order valence-corrected chi connectivity index (χ1v) is 10.4. The fourth-order valence-electron chi connectivity index (χ4n) is 3.78. The topological polar surface area (TPSA) is 206 Å². The minimum Gasteiger partial charge on any atom is -0.508 e. The van der Waals surface area contributed by atoms with Crippen LogP contribution in [0.15, 0.2) is 39.5 Å².